The van der Waals surface area contributed by atoms with Gasteiger partial charge in [-0.2, -0.15) is 0 Å². The van der Waals surface area contributed by atoms with Gasteiger partial charge >= 0.3 is 0 Å². The summed E-state index contributed by atoms with van der Waals surface area (Å²) in [4.78, 5) is 5.27. The number of aromatic nitrogens is 2. The Labute approximate surface area is 339 Å². The predicted molar refractivity (Wildman–Crippen MR) is 243 cm³/mol. The average molecular weight is 741 g/mol. The van der Waals surface area contributed by atoms with E-state index in [9.17, 15) is 0 Å². The van der Waals surface area contributed by atoms with Crippen LogP contribution in [0.2, 0.25) is 0 Å². The Hall–Kier alpha value is -7.29. The van der Waals surface area contributed by atoms with Crippen molar-refractivity contribution in [2.24, 2.45) is 0 Å². The number of fused-ring (bicyclic) bond motifs is 6. The Kier molecular flexibility index (Phi) is 7.87. The van der Waals surface area contributed by atoms with Crippen LogP contribution in [0.25, 0.3) is 94.5 Å². The molecule has 0 fully saturated rings. The highest BCUT2D eigenvalue weighted by Crippen LogP contribution is 2.49. The van der Waals surface area contributed by atoms with Crippen LogP contribution in [-0.2, 0) is 5.41 Å². The van der Waals surface area contributed by atoms with Crippen molar-refractivity contribution in [3.63, 3.8) is 0 Å². The number of benzene rings is 8. The van der Waals surface area contributed by atoms with Crippen molar-refractivity contribution in [1.29, 1.82) is 0 Å². The lowest BCUT2D eigenvalue weighted by molar-refractivity contribution is 0.660. The van der Waals surface area contributed by atoms with E-state index in [1.807, 2.05) is 0 Å². The number of pyridine rings is 1. The molecule has 2 aromatic heterocycles. The largest absolute Gasteiger partial charge is 0.309 e. The molecule has 2 heteroatoms. The lowest BCUT2D eigenvalue weighted by Crippen LogP contribution is -2.14. The summed E-state index contributed by atoms with van der Waals surface area (Å²) in [5.74, 6) is 0. The third kappa shape index (κ3) is 5.52. The summed E-state index contributed by atoms with van der Waals surface area (Å²) in [5.41, 5.74) is 20.2. The first-order valence-corrected chi connectivity index (χ1v) is 20.1. The fourth-order valence-corrected chi connectivity index (χ4v) is 9.28. The van der Waals surface area contributed by atoms with Crippen LogP contribution in [0, 0.1) is 0 Å². The molecule has 0 amide bonds. The molecule has 0 aliphatic heterocycles. The molecule has 0 radical (unpaired) electrons. The molecule has 0 saturated heterocycles. The Balaban J connectivity index is 1.03. The molecule has 2 nitrogen and oxygen atoms in total. The van der Waals surface area contributed by atoms with E-state index in [0.717, 1.165) is 33.8 Å². The lowest BCUT2D eigenvalue weighted by atomic mass is 9.81. The first kappa shape index (κ1) is 34.0. The smallest absolute Gasteiger partial charge is 0.0716 e. The zero-order chi connectivity index (χ0) is 38.8. The Morgan fingerprint density at radius 1 is 0.362 bits per heavy atom. The molecule has 58 heavy (non-hydrogen) atoms. The molecule has 0 saturated carbocycles. The van der Waals surface area contributed by atoms with Crippen molar-refractivity contribution in [3.8, 4) is 72.7 Å². The van der Waals surface area contributed by atoms with Gasteiger partial charge < -0.3 is 4.57 Å². The van der Waals surface area contributed by atoms with Crippen LogP contribution in [0.5, 0.6) is 0 Å². The Bertz CT molecular complexity index is 3110. The van der Waals surface area contributed by atoms with Gasteiger partial charge in [0.2, 0.25) is 0 Å². The van der Waals surface area contributed by atoms with Crippen LogP contribution >= 0.6 is 0 Å². The first-order chi connectivity index (χ1) is 28.5. The molecule has 1 aliphatic rings. The zero-order valence-electron chi connectivity index (χ0n) is 32.5. The van der Waals surface area contributed by atoms with Gasteiger partial charge in [0.1, 0.15) is 0 Å². The third-order valence-electron chi connectivity index (χ3n) is 12.2. The highest BCUT2D eigenvalue weighted by molar-refractivity contribution is 6.14. The number of para-hydroxylation sites is 2. The van der Waals surface area contributed by atoms with Gasteiger partial charge in [0.25, 0.3) is 0 Å². The van der Waals surface area contributed by atoms with Crippen molar-refractivity contribution in [2.75, 3.05) is 0 Å². The molecule has 10 aromatic rings. The van der Waals surface area contributed by atoms with Crippen LogP contribution in [0.4, 0.5) is 0 Å². The van der Waals surface area contributed by atoms with Crippen molar-refractivity contribution in [2.45, 2.75) is 19.3 Å². The highest BCUT2D eigenvalue weighted by atomic mass is 15.0. The van der Waals surface area contributed by atoms with Crippen LogP contribution in [0.15, 0.2) is 206 Å². The standard InChI is InChI=1S/C56H40N2/c1-56(2)50-25-11-9-21-46(50)47-32-31-41(34-51(47)56)38-27-29-39(30-28-38)45-23-14-24-49-48-22-10-12-26-54(48)58(55(45)49)44-20-13-19-42(33-44)53-36-43(37-15-5-3-6-16-37)35-52(57-53)40-17-7-4-8-18-40/h3-36H,1-2H3. The molecule has 8 aromatic carbocycles. The fourth-order valence-electron chi connectivity index (χ4n) is 9.28. The molecule has 0 N–H and O–H groups in total. The zero-order valence-corrected chi connectivity index (χ0v) is 32.5. The van der Waals surface area contributed by atoms with E-state index in [4.69, 9.17) is 4.98 Å². The van der Waals surface area contributed by atoms with Gasteiger partial charge in [-0.3, -0.25) is 0 Å². The molecular weight excluding hydrogens is 701 g/mol. The van der Waals surface area contributed by atoms with E-state index in [-0.39, 0.29) is 5.41 Å². The van der Waals surface area contributed by atoms with Crippen molar-refractivity contribution < 1.29 is 0 Å². The molecule has 2 heterocycles. The second-order valence-corrected chi connectivity index (χ2v) is 16.0. The second-order valence-electron chi connectivity index (χ2n) is 16.0. The monoisotopic (exact) mass is 740 g/mol. The molecular formula is C56H40N2. The Morgan fingerprint density at radius 3 is 1.74 bits per heavy atom. The minimum absolute atomic E-state index is 0.0345. The maximum atomic E-state index is 5.27. The summed E-state index contributed by atoms with van der Waals surface area (Å²) >= 11 is 0. The molecule has 0 bridgehead atoms. The SMILES string of the molecule is CC1(C)c2ccccc2-c2ccc(-c3ccc(-c4cccc5c6ccccc6n(-c6cccc(-c7cc(-c8ccccc8)cc(-c8ccccc8)n7)c6)c45)cc3)cc21. The van der Waals surface area contributed by atoms with Gasteiger partial charge in [0, 0.05) is 38.6 Å². The van der Waals surface area contributed by atoms with Crippen molar-refractivity contribution in [3.05, 3.63) is 217 Å². The lowest BCUT2D eigenvalue weighted by Gasteiger charge is -2.22. The van der Waals surface area contributed by atoms with E-state index in [1.54, 1.807) is 0 Å². The van der Waals surface area contributed by atoms with E-state index < -0.39 is 0 Å². The molecule has 0 atom stereocenters. The molecule has 0 spiro atoms. The predicted octanol–water partition coefficient (Wildman–Crippen LogP) is 14.8. The number of nitrogens with zero attached hydrogens (tertiary/aromatic N) is 2. The number of hydrogen-bond donors (Lipinski definition) is 0. The molecule has 274 valence electrons. The van der Waals surface area contributed by atoms with Crippen LogP contribution in [0.3, 0.4) is 0 Å². The van der Waals surface area contributed by atoms with Gasteiger partial charge in [-0.15, -0.1) is 0 Å². The highest BCUT2D eigenvalue weighted by Gasteiger charge is 2.35. The third-order valence-corrected chi connectivity index (χ3v) is 12.2. The maximum Gasteiger partial charge on any atom is 0.0716 e. The Morgan fingerprint density at radius 2 is 0.931 bits per heavy atom. The van der Waals surface area contributed by atoms with Gasteiger partial charge in [0.15, 0.2) is 0 Å². The van der Waals surface area contributed by atoms with Crippen molar-refractivity contribution >= 4 is 21.8 Å². The van der Waals surface area contributed by atoms with E-state index in [2.05, 4.69) is 225 Å². The topological polar surface area (TPSA) is 17.8 Å². The van der Waals surface area contributed by atoms with Crippen LogP contribution in [0.1, 0.15) is 25.0 Å². The van der Waals surface area contributed by atoms with Gasteiger partial charge in [0.05, 0.1) is 22.4 Å². The van der Waals surface area contributed by atoms with Crippen LogP contribution < -0.4 is 0 Å². The number of hydrogen-bond acceptors (Lipinski definition) is 1. The van der Waals surface area contributed by atoms with Crippen molar-refractivity contribution in [1.82, 2.24) is 9.55 Å². The van der Waals surface area contributed by atoms with E-state index >= 15 is 0 Å². The first-order valence-electron chi connectivity index (χ1n) is 20.1. The maximum absolute atomic E-state index is 5.27. The van der Waals surface area contributed by atoms with Crippen LogP contribution in [-0.4, -0.2) is 9.55 Å². The summed E-state index contributed by atoms with van der Waals surface area (Å²) in [6.07, 6.45) is 0. The molecule has 0 unspecified atom stereocenters. The quantitative estimate of drug-likeness (QED) is 0.166. The van der Waals surface area contributed by atoms with Gasteiger partial charge in [-0.1, -0.05) is 184 Å². The average Bonchev–Trinajstić information content (AvgIpc) is 3.75. The van der Waals surface area contributed by atoms with E-state index in [1.165, 1.54) is 71.9 Å². The minimum Gasteiger partial charge on any atom is -0.309 e. The summed E-state index contributed by atoms with van der Waals surface area (Å²) in [7, 11) is 0. The summed E-state index contributed by atoms with van der Waals surface area (Å²) in [5, 5.41) is 2.47. The van der Waals surface area contributed by atoms with E-state index in [0.29, 0.717) is 0 Å². The number of rotatable bonds is 6. The van der Waals surface area contributed by atoms with Gasteiger partial charge in [-0.05, 0) is 86.5 Å². The second kappa shape index (κ2) is 13.4. The minimum atomic E-state index is -0.0345. The molecule has 1 aliphatic carbocycles. The summed E-state index contributed by atoms with van der Waals surface area (Å²) in [6, 6.07) is 74.9. The normalized spacial score (nSPS) is 12.8. The fraction of sp³-hybridized carbons (Fsp3) is 0.0536. The summed E-state index contributed by atoms with van der Waals surface area (Å²) in [6.45, 7) is 4.69. The summed E-state index contributed by atoms with van der Waals surface area (Å²) < 4.78 is 2.44. The van der Waals surface area contributed by atoms with Gasteiger partial charge in [-0.25, -0.2) is 4.98 Å². The molecule has 11 rings (SSSR count).